The van der Waals surface area contributed by atoms with E-state index in [2.05, 4.69) is 30.2 Å². The number of hydrogen-bond acceptors (Lipinski definition) is 4. The molecule has 3 aromatic rings. The quantitative estimate of drug-likeness (QED) is 0.456. The molecule has 32 heavy (non-hydrogen) atoms. The zero-order valence-corrected chi connectivity index (χ0v) is 19.5. The molecular weight excluding hydrogens is 450 g/mol. The van der Waals surface area contributed by atoms with E-state index in [0.717, 1.165) is 5.30 Å². The fourth-order valence-electron chi connectivity index (χ4n) is 2.99. The summed E-state index contributed by atoms with van der Waals surface area (Å²) in [6, 6.07) is 12.9. The van der Waals surface area contributed by atoms with Gasteiger partial charge in [-0.15, -0.1) is 9.24 Å². The Balaban J connectivity index is 1.73. The maximum Gasteiger partial charge on any atom is 0.256 e. The Kier molecular flexibility index (Phi) is 7.91. The molecule has 166 valence electrons. The molecule has 0 aliphatic carbocycles. The highest BCUT2D eigenvalue weighted by Gasteiger charge is 2.13. The van der Waals surface area contributed by atoms with Crippen LogP contribution in [0.15, 0.2) is 48.5 Å². The Labute approximate surface area is 193 Å². The van der Waals surface area contributed by atoms with E-state index in [1.54, 1.807) is 56.4 Å². The number of benzene rings is 2. The molecule has 0 saturated carbocycles. The van der Waals surface area contributed by atoms with Crippen LogP contribution in [0.4, 0.5) is 15.9 Å². The van der Waals surface area contributed by atoms with Crippen molar-refractivity contribution >= 4 is 49.5 Å². The highest BCUT2D eigenvalue weighted by Crippen LogP contribution is 2.19. The summed E-state index contributed by atoms with van der Waals surface area (Å²) in [5.41, 5.74) is 2.61. The number of halogens is 2. The first-order valence-corrected chi connectivity index (χ1v) is 10.8. The van der Waals surface area contributed by atoms with Crippen LogP contribution in [0.5, 0.6) is 0 Å². The number of anilines is 2. The first-order chi connectivity index (χ1) is 15.3. The number of aromatic nitrogens is 1. The molecule has 1 heterocycles. The molecular formula is C23H23ClFN4O2P. The Bertz CT molecular complexity index is 1170. The van der Waals surface area contributed by atoms with E-state index in [9.17, 15) is 14.0 Å². The minimum atomic E-state index is -0.345. The maximum absolute atomic E-state index is 13.7. The molecule has 0 spiro atoms. The molecule has 6 nitrogen and oxygen atoms in total. The normalized spacial score (nSPS) is 10.7. The van der Waals surface area contributed by atoms with Crippen molar-refractivity contribution in [2.75, 3.05) is 17.7 Å². The number of pyridine rings is 1. The van der Waals surface area contributed by atoms with Crippen LogP contribution in [-0.4, -0.2) is 23.8 Å². The van der Waals surface area contributed by atoms with Crippen molar-refractivity contribution in [2.45, 2.75) is 19.9 Å². The van der Waals surface area contributed by atoms with Gasteiger partial charge in [-0.1, -0.05) is 23.7 Å². The van der Waals surface area contributed by atoms with Gasteiger partial charge < -0.3 is 16.0 Å². The van der Waals surface area contributed by atoms with Crippen molar-refractivity contribution in [3.63, 3.8) is 0 Å². The monoisotopic (exact) mass is 472 g/mol. The average molecular weight is 473 g/mol. The van der Waals surface area contributed by atoms with Crippen LogP contribution in [0.3, 0.4) is 0 Å². The number of aryl methyl sites for hydroxylation is 1. The summed E-state index contributed by atoms with van der Waals surface area (Å²) in [7, 11) is 4.23. The lowest BCUT2D eigenvalue weighted by Gasteiger charge is -2.13. The molecule has 0 aliphatic rings. The van der Waals surface area contributed by atoms with Gasteiger partial charge >= 0.3 is 0 Å². The van der Waals surface area contributed by atoms with Crippen molar-refractivity contribution < 1.29 is 14.0 Å². The van der Waals surface area contributed by atoms with Crippen LogP contribution < -0.4 is 21.3 Å². The molecule has 0 aliphatic heterocycles. The van der Waals surface area contributed by atoms with E-state index >= 15 is 0 Å². The molecule has 0 fully saturated rings. The van der Waals surface area contributed by atoms with Gasteiger partial charge in [0.1, 0.15) is 11.6 Å². The van der Waals surface area contributed by atoms with Gasteiger partial charge in [0.15, 0.2) is 0 Å². The van der Waals surface area contributed by atoms with Crippen molar-refractivity contribution in [3.8, 4) is 0 Å². The van der Waals surface area contributed by atoms with Crippen LogP contribution >= 0.6 is 20.8 Å². The first kappa shape index (κ1) is 23.8. The van der Waals surface area contributed by atoms with Gasteiger partial charge in [-0.2, -0.15) is 0 Å². The molecule has 1 atom stereocenters. The molecule has 3 rings (SSSR count). The minimum absolute atomic E-state index is 0.0304. The van der Waals surface area contributed by atoms with Crippen molar-refractivity contribution in [1.29, 1.82) is 0 Å². The second-order valence-corrected chi connectivity index (χ2v) is 8.25. The smallest absolute Gasteiger partial charge is 0.256 e. The summed E-state index contributed by atoms with van der Waals surface area (Å²) >= 11 is 6.00. The Morgan fingerprint density at radius 2 is 1.88 bits per heavy atom. The van der Waals surface area contributed by atoms with Gasteiger partial charge in [-0.3, -0.25) is 9.59 Å². The van der Waals surface area contributed by atoms with Gasteiger partial charge in [0.2, 0.25) is 5.91 Å². The number of nitrogens with zero attached hydrogens (tertiary/aromatic N) is 1. The zero-order chi connectivity index (χ0) is 23.3. The number of nitrogens with one attached hydrogen (secondary N) is 3. The van der Waals surface area contributed by atoms with Crippen LogP contribution in [0.1, 0.15) is 27.2 Å². The topological polar surface area (TPSA) is 83.1 Å². The van der Waals surface area contributed by atoms with Crippen LogP contribution in [-0.2, 0) is 17.8 Å². The highest BCUT2D eigenvalue weighted by atomic mass is 35.5. The van der Waals surface area contributed by atoms with Crippen molar-refractivity contribution in [2.24, 2.45) is 0 Å². The SMILES string of the molecule is CNCc1nc(NC(=O)c2ccc(Cl)c(P)c2)ccc1NC(=O)Cc1ccc(C)c(F)c1. The van der Waals surface area contributed by atoms with E-state index in [4.69, 9.17) is 11.6 Å². The second-order valence-electron chi connectivity index (χ2n) is 7.22. The van der Waals surface area contributed by atoms with E-state index in [1.807, 2.05) is 0 Å². The average Bonchev–Trinajstić information content (AvgIpc) is 2.74. The van der Waals surface area contributed by atoms with E-state index in [1.165, 1.54) is 6.07 Å². The number of carbonyl (C=O) groups excluding carboxylic acids is 2. The fraction of sp³-hybridized carbons (Fsp3) is 0.174. The Morgan fingerprint density at radius 3 is 2.56 bits per heavy atom. The molecule has 2 amide bonds. The van der Waals surface area contributed by atoms with E-state index in [0.29, 0.717) is 45.5 Å². The Morgan fingerprint density at radius 1 is 1.09 bits per heavy atom. The summed E-state index contributed by atoms with van der Waals surface area (Å²) in [6.45, 7) is 2.04. The lowest BCUT2D eigenvalue weighted by Crippen LogP contribution is -2.20. The minimum Gasteiger partial charge on any atom is -0.324 e. The Hall–Kier alpha value is -2.86. The van der Waals surface area contributed by atoms with Gasteiger partial charge in [0.25, 0.3) is 5.91 Å². The third-order valence-corrected chi connectivity index (χ3v) is 5.70. The van der Waals surface area contributed by atoms with Crippen LogP contribution in [0, 0.1) is 12.7 Å². The molecule has 1 aromatic heterocycles. The molecule has 0 radical (unpaired) electrons. The molecule has 2 aromatic carbocycles. The lowest BCUT2D eigenvalue weighted by atomic mass is 10.1. The molecule has 9 heteroatoms. The van der Waals surface area contributed by atoms with Gasteiger partial charge in [0.05, 0.1) is 17.8 Å². The fourth-order valence-corrected chi connectivity index (χ4v) is 3.38. The van der Waals surface area contributed by atoms with Crippen molar-refractivity contribution in [3.05, 3.63) is 81.8 Å². The van der Waals surface area contributed by atoms with E-state index < -0.39 is 0 Å². The standard InChI is InChI=1S/C23H23ClFN4O2P/c1-13-3-4-14(9-17(13)25)10-22(30)28-18-7-8-21(27-19(18)12-26-2)29-23(31)15-5-6-16(24)20(32)11-15/h3-9,11,26H,10,12,32H2,1-2H3,(H,28,30)(H,27,29,31). The molecule has 3 N–H and O–H groups in total. The summed E-state index contributed by atoms with van der Waals surface area (Å²) in [6.07, 6.45) is 0.0304. The second kappa shape index (κ2) is 10.6. The van der Waals surface area contributed by atoms with Crippen LogP contribution in [0.25, 0.3) is 0 Å². The summed E-state index contributed by atoms with van der Waals surface area (Å²) in [5.74, 6) is -0.619. The summed E-state index contributed by atoms with van der Waals surface area (Å²) in [5, 5.41) is 9.82. The summed E-state index contributed by atoms with van der Waals surface area (Å²) in [4.78, 5) is 29.5. The van der Waals surface area contributed by atoms with Gasteiger partial charge in [0, 0.05) is 17.1 Å². The molecule has 0 saturated heterocycles. The third-order valence-electron chi connectivity index (χ3n) is 4.69. The third kappa shape index (κ3) is 6.10. The molecule has 1 unspecified atom stereocenters. The summed E-state index contributed by atoms with van der Waals surface area (Å²) < 4.78 is 13.7. The van der Waals surface area contributed by atoms with Crippen LogP contribution in [0.2, 0.25) is 5.02 Å². The first-order valence-electron chi connectivity index (χ1n) is 9.82. The number of rotatable bonds is 7. The largest absolute Gasteiger partial charge is 0.324 e. The predicted octanol–water partition coefficient (Wildman–Crippen LogP) is 3.84. The highest BCUT2D eigenvalue weighted by molar-refractivity contribution is 7.28. The number of amides is 2. The zero-order valence-electron chi connectivity index (χ0n) is 17.6. The number of carbonyl (C=O) groups is 2. The maximum atomic E-state index is 13.7. The van der Waals surface area contributed by atoms with Gasteiger partial charge in [-0.05, 0) is 66.8 Å². The van der Waals surface area contributed by atoms with Gasteiger partial charge in [-0.25, -0.2) is 9.37 Å². The lowest BCUT2D eigenvalue weighted by molar-refractivity contribution is -0.115. The molecule has 0 bridgehead atoms. The number of hydrogen-bond donors (Lipinski definition) is 3. The van der Waals surface area contributed by atoms with Crippen molar-refractivity contribution in [1.82, 2.24) is 10.3 Å². The predicted molar refractivity (Wildman–Crippen MR) is 129 cm³/mol. The van der Waals surface area contributed by atoms with E-state index in [-0.39, 0.29) is 24.1 Å².